The maximum absolute atomic E-state index is 12.0. The van der Waals surface area contributed by atoms with Gasteiger partial charge in [0.05, 0.1) is 17.0 Å². The predicted molar refractivity (Wildman–Crippen MR) is 102 cm³/mol. The van der Waals surface area contributed by atoms with E-state index in [0.29, 0.717) is 23.4 Å². The largest absolute Gasteiger partial charge is 0.280 e. The Morgan fingerprint density at radius 1 is 1.04 bits per heavy atom. The number of rotatable bonds is 3. The highest BCUT2D eigenvalue weighted by molar-refractivity contribution is 6.30. The molecule has 130 valence electrons. The standard InChI is InChI=1S/C20H14N6O/c27-20-15-10-13(6-7-17(15)21-12-22-20)11-19-24-23-18-9-8-16(25-26(18)19)14-4-2-1-3-5-14/h1-10,12-13H,11H2. The fraction of sp³-hybridized carbons (Fsp3) is 0.100. The zero-order valence-electron chi connectivity index (χ0n) is 14.2. The van der Waals surface area contributed by atoms with Crippen molar-refractivity contribution in [3.63, 3.8) is 0 Å². The summed E-state index contributed by atoms with van der Waals surface area (Å²) in [4.78, 5) is 19.8. The Morgan fingerprint density at radius 2 is 1.93 bits per heavy atom. The minimum atomic E-state index is -0.259. The topological polar surface area (TPSA) is 84.9 Å². The molecule has 27 heavy (non-hydrogen) atoms. The van der Waals surface area contributed by atoms with Gasteiger partial charge in [0.1, 0.15) is 6.34 Å². The maximum atomic E-state index is 12.0. The first-order chi connectivity index (χ1) is 13.3. The molecule has 0 N–H and O–H groups in total. The van der Waals surface area contributed by atoms with E-state index >= 15 is 0 Å². The van der Waals surface area contributed by atoms with Gasteiger partial charge in [-0.15, -0.1) is 10.2 Å². The van der Waals surface area contributed by atoms with Gasteiger partial charge >= 0.3 is 0 Å². The number of nitrogens with zero attached hydrogens (tertiary/aromatic N) is 6. The summed E-state index contributed by atoms with van der Waals surface area (Å²) in [6.07, 6.45) is 7.63. The third kappa shape index (κ3) is 2.79. The van der Waals surface area contributed by atoms with Gasteiger partial charge in [-0.25, -0.2) is 4.99 Å². The van der Waals surface area contributed by atoms with Crippen molar-refractivity contribution in [2.24, 2.45) is 15.9 Å². The molecule has 2 aromatic heterocycles. The summed E-state index contributed by atoms with van der Waals surface area (Å²) in [5, 5.41) is 13.2. The average molecular weight is 354 g/mol. The van der Waals surface area contributed by atoms with Crippen LogP contribution in [0.15, 0.2) is 76.3 Å². The van der Waals surface area contributed by atoms with Crippen LogP contribution in [0.4, 0.5) is 0 Å². The fourth-order valence-corrected chi connectivity index (χ4v) is 3.23. The number of benzene rings is 1. The van der Waals surface area contributed by atoms with Crippen LogP contribution in [0.5, 0.6) is 0 Å². The van der Waals surface area contributed by atoms with Crippen LogP contribution in [0.2, 0.25) is 0 Å². The molecule has 1 aliphatic carbocycles. The molecular formula is C20H14N6O. The molecule has 1 aromatic carbocycles. The summed E-state index contributed by atoms with van der Waals surface area (Å²) >= 11 is 0. The maximum Gasteiger partial charge on any atom is 0.280 e. The molecule has 1 aliphatic heterocycles. The number of aromatic nitrogens is 4. The summed E-state index contributed by atoms with van der Waals surface area (Å²) in [5.74, 6) is 0.483. The molecule has 1 amide bonds. The van der Waals surface area contributed by atoms with Crippen LogP contribution in [0.25, 0.3) is 16.9 Å². The Hall–Kier alpha value is -3.74. The highest BCUT2D eigenvalue weighted by Gasteiger charge is 2.23. The van der Waals surface area contributed by atoms with E-state index in [1.54, 1.807) is 4.52 Å². The Bertz CT molecular complexity index is 1170. The van der Waals surface area contributed by atoms with Crippen LogP contribution in [0.3, 0.4) is 0 Å². The van der Waals surface area contributed by atoms with Crippen molar-refractivity contribution in [3.8, 4) is 11.3 Å². The van der Waals surface area contributed by atoms with Crippen molar-refractivity contribution in [2.75, 3.05) is 0 Å². The van der Waals surface area contributed by atoms with Gasteiger partial charge in [-0.3, -0.25) is 4.79 Å². The third-order valence-corrected chi connectivity index (χ3v) is 4.58. The highest BCUT2D eigenvalue weighted by Crippen LogP contribution is 2.22. The molecule has 3 heterocycles. The molecule has 1 atom stereocenters. The molecule has 7 nitrogen and oxygen atoms in total. The number of allylic oxidation sites excluding steroid dienone is 3. The van der Waals surface area contributed by atoms with E-state index < -0.39 is 0 Å². The average Bonchev–Trinajstić information content (AvgIpc) is 3.11. The van der Waals surface area contributed by atoms with Gasteiger partial charge in [-0.2, -0.15) is 14.6 Å². The van der Waals surface area contributed by atoms with Gasteiger partial charge in [-0.05, 0) is 18.2 Å². The zero-order chi connectivity index (χ0) is 18.2. The van der Waals surface area contributed by atoms with Crippen LogP contribution < -0.4 is 0 Å². The van der Waals surface area contributed by atoms with Gasteiger partial charge in [0.15, 0.2) is 11.5 Å². The lowest BCUT2D eigenvalue weighted by molar-refractivity contribution is -0.113. The minimum Gasteiger partial charge on any atom is -0.267 e. The second kappa shape index (κ2) is 6.21. The van der Waals surface area contributed by atoms with Crippen molar-refractivity contribution in [3.05, 3.63) is 72.1 Å². The summed E-state index contributed by atoms with van der Waals surface area (Å²) in [7, 11) is 0. The van der Waals surface area contributed by atoms with E-state index in [1.165, 1.54) is 6.34 Å². The van der Waals surface area contributed by atoms with Crippen LogP contribution >= 0.6 is 0 Å². The molecule has 1 unspecified atom stereocenters. The Morgan fingerprint density at radius 3 is 2.81 bits per heavy atom. The van der Waals surface area contributed by atoms with E-state index in [4.69, 9.17) is 5.10 Å². The monoisotopic (exact) mass is 354 g/mol. The summed E-state index contributed by atoms with van der Waals surface area (Å²) in [6.45, 7) is 0. The van der Waals surface area contributed by atoms with Crippen molar-refractivity contribution >= 4 is 23.6 Å². The quantitative estimate of drug-likeness (QED) is 0.723. The molecule has 0 saturated heterocycles. The lowest BCUT2D eigenvalue weighted by atomic mass is 9.92. The van der Waals surface area contributed by atoms with Crippen molar-refractivity contribution in [1.29, 1.82) is 0 Å². The summed E-state index contributed by atoms with van der Waals surface area (Å²) in [5.41, 5.74) is 3.77. The molecule has 0 spiro atoms. The Kier molecular flexibility index (Phi) is 3.57. The molecule has 3 aromatic rings. The minimum absolute atomic E-state index is 0.00535. The predicted octanol–water partition coefficient (Wildman–Crippen LogP) is 2.46. The lowest BCUT2D eigenvalue weighted by Gasteiger charge is -2.16. The molecule has 0 radical (unpaired) electrons. The van der Waals surface area contributed by atoms with Crippen molar-refractivity contribution in [1.82, 2.24) is 19.8 Å². The Labute approximate surface area is 154 Å². The first-order valence-corrected chi connectivity index (χ1v) is 8.60. The van der Waals surface area contributed by atoms with Gasteiger partial charge < -0.3 is 0 Å². The number of aliphatic imine (C=N–C) groups is 2. The molecule has 0 fully saturated rings. The summed E-state index contributed by atoms with van der Waals surface area (Å²) < 4.78 is 1.76. The number of carbonyl (C=O) groups excluding carboxylic acids is 1. The Balaban J connectivity index is 1.48. The van der Waals surface area contributed by atoms with Gasteiger partial charge in [-0.1, -0.05) is 42.5 Å². The molecule has 7 heteroatoms. The van der Waals surface area contributed by atoms with Crippen molar-refractivity contribution < 1.29 is 4.79 Å². The normalized spacial score (nSPS) is 18.4. The second-order valence-electron chi connectivity index (χ2n) is 6.34. The van der Waals surface area contributed by atoms with E-state index in [2.05, 4.69) is 20.2 Å². The number of hydrogen-bond acceptors (Lipinski definition) is 5. The first kappa shape index (κ1) is 15.5. The molecule has 2 aliphatic rings. The molecule has 0 saturated carbocycles. The van der Waals surface area contributed by atoms with Gasteiger partial charge in [0, 0.05) is 17.9 Å². The fourth-order valence-electron chi connectivity index (χ4n) is 3.23. The van der Waals surface area contributed by atoms with Crippen molar-refractivity contribution in [2.45, 2.75) is 6.42 Å². The third-order valence-electron chi connectivity index (χ3n) is 4.58. The lowest BCUT2D eigenvalue weighted by Crippen LogP contribution is -2.19. The smallest absolute Gasteiger partial charge is 0.267 e. The van der Waals surface area contributed by atoms with Crippen LogP contribution in [-0.2, 0) is 11.2 Å². The van der Waals surface area contributed by atoms with Crippen LogP contribution in [0.1, 0.15) is 5.82 Å². The SMILES string of the molecule is O=C1N=CN=C2C=CC(Cc3nnc4ccc(-c5ccccc5)nn34)C=C12. The van der Waals surface area contributed by atoms with Crippen LogP contribution in [0, 0.1) is 5.92 Å². The second-order valence-corrected chi connectivity index (χ2v) is 6.34. The van der Waals surface area contributed by atoms with E-state index in [9.17, 15) is 4.79 Å². The number of fused-ring (bicyclic) bond motifs is 2. The number of hydrogen-bond donors (Lipinski definition) is 0. The molecule has 5 rings (SSSR count). The van der Waals surface area contributed by atoms with E-state index in [0.717, 1.165) is 17.1 Å². The van der Waals surface area contributed by atoms with Gasteiger partial charge in [0.25, 0.3) is 5.91 Å². The molecule has 0 bridgehead atoms. The summed E-state index contributed by atoms with van der Waals surface area (Å²) in [6, 6.07) is 13.8. The first-order valence-electron chi connectivity index (χ1n) is 8.60. The highest BCUT2D eigenvalue weighted by atomic mass is 16.1. The van der Waals surface area contributed by atoms with E-state index in [-0.39, 0.29) is 11.8 Å². The van der Waals surface area contributed by atoms with Crippen LogP contribution in [-0.4, -0.2) is 37.8 Å². The van der Waals surface area contributed by atoms with Gasteiger partial charge in [0.2, 0.25) is 0 Å². The molecular weight excluding hydrogens is 340 g/mol. The number of carbonyl (C=O) groups is 1. The zero-order valence-corrected chi connectivity index (χ0v) is 14.2. The van der Waals surface area contributed by atoms with E-state index in [1.807, 2.05) is 60.7 Å². The number of amides is 1.